The highest BCUT2D eigenvalue weighted by atomic mass is 16.3. The van der Waals surface area contributed by atoms with Crippen LogP contribution in [0.5, 0.6) is 0 Å². The van der Waals surface area contributed by atoms with Crippen molar-refractivity contribution in [2.75, 3.05) is 33.2 Å². The fraction of sp³-hybridized carbons (Fsp3) is 0.765. The predicted octanol–water partition coefficient (Wildman–Crippen LogP) is 2.45. The fourth-order valence-corrected chi connectivity index (χ4v) is 3.72. The lowest BCUT2D eigenvalue weighted by atomic mass is 10.00. The molecular formula is C17H29N3O. The SMILES string of the molecule is CNCc1ccc(CN2CCC(N3CCCCC3)CC2)o1. The van der Waals surface area contributed by atoms with Gasteiger partial charge in [0.15, 0.2) is 0 Å². The third kappa shape index (κ3) is 4.09. The zero-order valence-corrected chi connectivity index (χ0v) is 13.3. The summed E-state index contributed by atoms with van der Waals surface area (Å²) in [7, 11) is 1.95. The molecule has 2 aliphatic rings. The number of rotatable bonds is 5. The van der Waals surface area contributed by atoms with Gasteiger partial charge in [-0.05, 0) is 58.0 Å². The van der Waals surface area contributed by atoms with E-state index in [0.717, 1.165) is 30.7 Å². The average molecular weight is 291 g/mol. The molecule has 0 aromatic carbocycles. The van der Waals surface area contributed by atoms with Gasteiger partial charge < -0.3 is 14.6 Å². The van der Waals surface area contributed by atoms with Crippen LogP contribution in [0.15, 0.2) is 16.5 Å². The molecule has 0 spiro atoms. The Bertz CT molecular complexity index is 417. The van der Waals surface area contributed by atoms with E-state index in [4.69, 9.17) is 4.42 Å². The summed E-state index contributed by atoms with van der Waals surface area (Å²) < 4.78 is 5.86. The van der Waals surface area contributed by atoms with Crippen LogP contribution in [0.25, 0.3) is 0 Å². The largest absolute Gasteiger partial charge is 0.463 e. The standard InChI is InChI=1S/C17H29N3O/c1-18-13-16-5-6-17(21-16)14-19-11-7-15(8-12-19)20-9-3-2-4-10-20/h5-6,15,18H,2-4,7-14H2,1H3. The number of hydrogen-bond acceptors (Lipinski definition) is 4. The Labute approximate surface area is 128 Å². The van der Waals surface area contributed by atoms with E-state index in [2.05, 4.69) is 27.2 Å². The van der Waals surface area contributed by atoms with Gasteiger partial charge in [-0.1, -0.05) is 6.42 Å². The molecule has 1 aromatic rings. The first-order valence-electron chi connectivity index (χ1n) is 8.54. The second-order valence-corrected chi connectivity index (χ2v) is 6.50. The molecule has 0 saturated carbocycles. The van der Waals surface area contributed by atoms with Crippen molar-refractivity contribution in [2.24, 2.45) is 0 Å². The molecule has 4 nitrogen and oxygen atoms in total. The van der Waals surface area contributed by atoms with Gasteiger partial charge in [0.2, 0.25) is 0 Å². The monoisotopic (exact) mass is 291 g/mol. The molecule has 0 radical (unpaired) electrons. The second kappa shape index (κ2) is 7.43. The van der Waals surface area contributed by atoms with Gasteiger partial charge in [-0.15, -0.1) is 0 Å². The van der Waals surface area contributed by atoms with Gasteiger partial charge in [-0.3, -0.25) is 4.90 Å². The van der Waals surface area contributed by atoms with Gasteiger partial charge in [0.25, 0.3) is 0 Å². The number of furan rings is 1. The zero-order valence-electron chi connectivity index (χ0n) is 13.3. The molecular weight excluding hydrogens is 262 g/mol. The smallest absolute Gasteiger partial charge is 0.118 e. The summed E-state index contributed by atoms with van der Waals surface area (Å²) in [6, 6.07) is 5.05. The lowest BCUT2D eigenvalue weighted by Gasteiger charge is -2.40. The molecule has 0 atom stereocenters. The first-order valence-corrected chi connectivity index (χ1v) is 8.54. The number of nitrogens with one attached hydrogen (secondary N) is 1. The van der Waals surface area contributed by atoms with Gasteiger partial charge in [0.05, 0.1) is 13.1 Å². The van der Waals surface area contributed by atoms with Crippen LogP contribution in [-0.2, 0) is 13.1 Å². The van der Waals surface area contributed by atoms with Crippen LogP contribution in [0.2, 0.25) is 0 Å². The van der Waals surface area contributed by atoms with E-state index in [1.807, 2.05) is 7.05 Å². The molecule has 0 unspecified atom stereocenters. The Balaban J connectivity index is 1.44. The average Bonchev–Trinajstić information content (AvgIpc) is 2.97. The highest BCUT2D eigenvalue weighted by Gasteiger charge is 2.25. The minimum atomic E-state index is 0.817. The molecule has 2 aliphatic heterocycles. The van der Waals surface area contributed by atoms with E-state index in [1.165, 1.54) is 58.3 Å². The molecule has 3 heterocycles. The maximum Gasteiger partial charge on any atom is 0.118 e. The van der Waals surface area contributed by atoms with E-state index >= 15 is 0 Å². The van der Waals surface area contributed by atoms with E-state index < -0.39 is 0 Å². The maximum absolute atomic E-state index is 5.86. The van der Waals surface area contributed by atoms with Crippen molar-refractivity contribution < 1.29 is 4.42 Å². The van der Waals surface area contributed by atoms with Crippen molar-refractivity contribution in [2.45, 2.75) is 51.2 Å². The van der Waals surface area contributed by atoms with Crippen molar-refractivity contribution in [3.05, 3.63) is 23.7 Å². The Morgan fingerprint density at radius 1 is 1.05 bits per heavy atom. The van der Waals surface area contributed by atoms with E-state index in [-0.39, 0.29) is 0 Å². The summed E-state index contributed by atoms with van der Waals surface area (Å²) in [6.45, 7) is 6.87. The van der Waals surface area contributed by atoms with Crippen LogP contribution in [0.3, 0.4) is 0 Å². The predicted molar refractivity (Wildman–Crippen MR) is 85.2 cm³/mol. The Hall–Kier alpha value is -0.840. The molecule has 2 saturated heterocycles. The number of likely N-dealkylation sites (tertiary alicyclic amines) is 2. The minimum absolute atomic E-state index is 0.817. The Morgan fingerprint density at radius 3 is 2.48 bits per heavy atom. The molecule has 1 aromatic heterocycles. The van der Waals surface area contributed by atoms with Crippen LogP contribution in [0.4, 0.5) is 0 Å². The lowest BCUT2D eigenvalue weighted by molar-refractivity contribution is 0.0864. The summed E-state index contributed by atoms with van der Waals surface area (Å²) in [6.07, 6.45) is 6.89. The van der Waals surface area contributed by atoms with Crippen molar-refractivity contribution in [3.8, 4) is 0 Å². The summed E-state index contributed by atoms with van der Waals surface area (Å²) in [5, 5.41) is 3.13. The summed E-state index contributed by atoms with van der Waals surface area (Å²) in [4.78, 5) is 5.28. The molecule has 0 aliphatic carbocycles. The molecule has 0 amide bonds. The van der Waals surface area contributed by atoms with Crippen molar-refractivity contribution in [1.82, 2.24) is 15.1 Å². The number of piperidine rings is 2. The molecule has 4 heteroatoms. The topological polar surface area (TPSA) is 31.6 Å². The summed E-state index contributed by atoms with van der Waals surface area (Å²) >= 11 is 0. The van der Waals surface area contributed by atoms with Gasteiger partial charge >= 0.3 is 0 Å². The van der Waals surface area contributed by atoms with E-state index in [0.29, 0.717) is 0 Å². The highest BCUT2D eigenvalue weighted by Crippen LogP contribution is 2.22. The molecule has 2 fully saturated rings. The number of hydrogen-bond donors (Lipinski definition) is 1. The third-order valence-electron chi connectivity index (χ3n) is 4.91. The quantitative estimate of drug-likeness (QED) is 0.903. The van der Waals surface area contributed by atoms with Crippen LogP contribution < -0.4 is 5.32 Å². The summed E-state index contributed by atoms with van der Waals surface area (Å²) in [5.74, 6) is 2.15. The van der Waals surface area contributed by atoms with Crippen molar-refractivity contribution in [3.63, 3.8) is 0 Å². The minimum Gasteiger partial charge on any atom is -0.463 e. The van der Waals surface area contributed by atoms with Crippen LogP contribution in [0.1, 0.15) is 43.6 Å². The van der Waals surface area contributed by atoms with Crippen LogP contribution in [0, 0.1) is 0 Å². The maximum atomic E-state index is 5.86. The lowest BCUT2D eigenvalue weighted by Crippen LogP contribution is -2.46. The first kappa shape index (κ1) is 15.1. The van der Waals surface area contributed by atoms with E-state index in [1.54, 1.807) is 0 Å². The first-order chi connectivity index (χ1) is 10.3. The van der Waals surface area contributed by atoms with Gasteiger partial charge in [-0.2, -0.15) is 0 Å². The summed E-state index contributed by atoms with van der Waals surface area (Å²) in [5.41, 5.74) is 0. The molecule has 118 valence electrons. The highest BCUT2D eigenvalue weighted by molar-refractivity contribution is 5.07. The zero-order chi connectivity index (χ0) is 14.5. The molecule has 1 N–H and O–H groups in total. The van der Waals surface area contributed by atoms with Gasteiger partial charge in [0, 0.05) is 19.1 Å². The van der Waals surface area contributed by atoms with E-state index in [9.17, 15) is 0 Å². The van der Waals surface area contributed by atoms with Gasteiger partial charge in [-0.25, -0.2) is 0 Å². The second-order valence-electron chi connectivity index (χ2n) is 6.50. The molecule has 3 rings (SSSR count). The van der Waals surface area contributed by atoms with Crippen molar-refractivity contribution >= 4 is 0 Å². The van der Waals surface area contributed by atoms with Gasteiger partial charge in [0.1, 0.15) is 11.5 Å². The third-order valence-corrected chi connectivity index (χ3v) is 4.91. The van der Waals surface area contributed by atoms with Crippen LogP contribution >= 0.6 is 0 Å². The Kier molecular flexibility index (Phi) is 5.33. The van der Waals surface area contributed by atoms with Crippen molar-refractivity contribution in [1.29, 1.82) is 0 Å². The molecule has 21 heavy (non-hydrogen) atoms. The normalized spacial score (nSPS) is 22.7. The fourth-order valence-electron chi connectivity index (χ4n) is 3.72. The van der Waals surface area contributed by atoms with Crippen LogP contribution in [-0.4, -0.2) is 49.1 Å². The molecule has 0 bridgehead atoms. The number of nitrogens with zero attached hydrogens (tertiary/aromatic N) is 2. The Morgan fingerprint density at radius 2 is 1.76 bits per heavy atom.